The van der Waals surface area contributed by atoms with Crippen LogP contribution in [0.3, 0.4) is 0 Å². The molecule has 2 saturated carbocycles. The molecule has 4 atom stereocenters. The first kappa shape index (κ1) is 16.9. The minimum Gasteiger partial charge on any atom is -0.386 e. The molecular weight excluding hydrogens is 314 g/mol. The summed E-state index contributed by atoms with van der Waals surface area (Å²) < 4.78 is 6.00. The van der Waals surface area contributed by atoms with Gasteiger partial charge in [0.1, 0.15) is 0 Å². The summed E-state index contributed by atoms with van der Waals surface area (Å²) in [5.74, 6) is 1.43. The van der Waals surface area contributed by atoms with Crippen LogP contribution in [0.2, 0.25) is 0 Å². The normalized spacial score (nSPS) is 31.0. The Balaban J connectivity index is 1.42. The fourth-order valence-corrected chi connectivity index (χ4v) is 4.88. The Morgan fingerprint density at radius 3 is 2.84 bits per heavy atom. The molecular formula is C20H29N3O2. The molecule has 0 aromatic heterocycles. The Labute approximate surface area is 149 Å². The quantitative estimate of drug-likeness (QED) is 0.567. The Morgan fingerprint density at radius 1 is 1.36 bits per heavy atom. The standard InChI is InChI=1S/C20H29N3O2/c1-2-21-19(22-13-16(24)14-7-4-3-5-8-14)23-17-15-9-12-25-18(15)20(17)10-6-11-20/h3-5,7-8,15-18,24H,2,6,9-13H2,1H3,(H2,21,22,23). The van der Waals surface area contributed by atoms with Crippen molar-refractivity contribution in [1.29, 1.82) is 0 Å². The van der Waals surface area contributed by atoms with Crippen LogP contribution >= 0.6 is 0 Å². The zero-order valence-electron chi connectivity index (χ0n) is 14.9. The molecule has 3 fully saturated rings. The van der Waals surface area contributed by atoms with E-state index in [0.29, 0.717) is 30.0 Å². The second-order valence-corrected chi connectivity index (χ2v) is 7.60. The third-order valence-electron chi connectivity index (χ3n) is 6.28. The van der Waals surface area contributed by atoms with Gasteiger partial charge in [0.05, 0.1) is 18.8 Å². The molecule has 0 amide bonds. The lowest BCUT2D eigenvalue weighted by molar-refractivity contribution is -0.171. The number of aliphatic hydroxyl groups is 1. The van der Waals surface area contributed by atoms with E-state index < -0.39 is 6.10 Å². The van der Waals surface area contributed by atoms with Crippen molar-refractivity contribution < 1.29 is 9.84 Å². The molecule has 1 aromatic carbocycles. The molecule has 25 heavy (non-hydrogen) atoms. The van der Waals surface area contributed by atoms with Crippen molar-refractivity contribution in [2.24, 2.45) is 16.3 Å². The third kappa shape index (κ3) is 2.93. The molecule has 5 nitrogen and oxygen atoms in total. The molecule has 1 heterocycles. The second-order valence-electron chi connectivity index (χ2n) is 7.60. The average molecular weight is 343 g/mol. The lowest BCUT2D eigenvalue weighted by Crippen LogP contribution is -2.72. The first-order valence-corrected chi connectivity index (χ1v) is 9.64. The van der Waals surface area contributed by atoms with Gasteiger partial charge in [0.25, 0.3) is 0 Å². The molecule has 136 valence electrons. The highest BCUT2D eigenvalue weighted by molar-refractivity contribution is 5.80. The number of rotatable bonds is 5. The molecule has 0 radical (unpaired) electrons. The number of aliphatic hydroxyl groups excluding tert-OH is 1. The fraction of sp³-hybridized carbons (Fsp3) is 0.650. The van der Waals surface area contributed by atoms with Crippen LogP contribution in [0.25, 0.3) is 0 Å². The van der Waals surface area contributed by atoms with Gasteiger partial charge in [-0.2, -0.15) is 0 Å². The number of nitrogens with zero attached hydrogens (tertiary/aromatic N) is 1. The van der Waals surface area contributed by atoms with Gasteiger partial charge >= 0.3 is 0 Å². The van der Waals surface area contributed by atoms with Crippen LogP contribution in [0.4, 0.5) is 0 Å². The molecule has 0 bridgehead atoms. The monoisotopic (exact) mass is 343 g/mol. The van der Waals surface area contributed by atoms with Crippen LogP contribution in [-0.2, 0) is 4.74 Å². The van der Waals surface area contributed by atoms with Gasteiger partial charge in [-0.1, -0.05) is 36.8 Å². The van der Waals surface area contributed by atoms with Gasteiger partial charge in [-0.05, 0) is 31.7 Å². The Kier molecular flexibility index (Phi) is 4.69. The second kappa shape index (κ2) is 6.96. The largest absolute Gasteiger partial charge is 0.386 e. The number of fused-ring (bicyclic) bond motifs is 2. The molecule has 1 aromatic rings. The van der Waals surface area contributed by atoms with Crippen molar-refractivity contribution in [3.63, 3.8) is 0 Å². The van der Waals surface area contributed by atoms with E-state index in [1.165, 1.54) is 19.3 Å². The maximum Gasteiger partial charge on any atom is 0.191 e. The van der Waals surface area contributed by atoms with Crippen LogP contribution < -0.4 is 10.6 Å². The van der Waals surface area contributed by atoms with E-state index >= 15 is 0 Å². The number of ether oxygens (including phenoxy) is 1. The predicted molar refractivity (Wildman–Crippen MR) is 98.4 cm³/mol. The average Bonchev–Trinajstić information content (AvgIpc) is 3.01. The van der Waals surface area contributed by atoms with Gasteiger partial charge in [-0.25, -0.2) is 0 Å². The molecule has 4 rings (SSSR count). The molecule has 2 aliphatic carbocycles. The molecule has 3 N–H and O–H groups in total. The zero-order valence-corrected chi connectivity index (χ0v) is 14.9. The topological polar surface area (TPSA) is 65.9 Å². The van der Waals surface area contributed by atoms with Gasteiger partial charge in [0, 0.05) is 30.5 Å². The summed E-state index contributed by atoms with van der Waals surface area (Å²) in [6, 6.07) is 10.2. The van der Waals surface area contributed by atoms with E-state index in [2.05, 4.69) is 22.5 Å². The van der Waals surface area contributed by atoms with Gasteiger partial charge in [0.15, 0.2) is 5.96 Å². The Hall–Kier alpha value is -1.59. The Bertz CT molecular complexity index is 615. The molecule has 1 saturated heterocycles. The lowest BCUT2D eigenvalue weighted by Gasteiger charge is -2.63. The first-order valence-electron chi connectivity index (χ1n) is 9.64. The first-order chi connectivity index (χ1) is 12.2. The van der Waals surface area contributed by atoms with E-state index in [9.17, 15) is 5.11 Å². The number of hydrogen-bond acceptors (Lipinski definition) is 3. The number of aliphatic imine (C=N–C) groups is 1. The van der Waals surface area contributed by atoms with E-state index in [-0.39, 0.29) is 0 Å². The van der Waals surface area contributed by atoms with Crippen molar-refractivity contribution in [3.8, 4) is 0 Å². The van der Waals surface area contributed by atoms with Crippen molar-refractivity contribution in [2.75, 3.05) is 19.7 Å². The summed E-state index contributed by atoms with van der Waals surface area (Å²) in [4.78, 5) is 4.65. The van der Waals surface area contributed by atoms with Crippen LogP contribution in [0, 0.1) is 11.3 Å². The van der Waals surface area contributed by atoms with E-state index in [1.54, 1.807) is 0 Å². The summed E-state index contributed by atoms with van der Waals surface area (Å²) in [5, 5.41) is 17.4. The lowest BCUT2D eigenvalue weighted by atomic mass is 9.46. The summed E-state index contributed by atoms with van der Waals surface area (Å²) in [5.41, 5.74) is 1.24. The molecule has 1 spiro atoms. The number of hydrogen-bond donors (Lipinski definition) is 3. The minimum atomic E-state index is -0.571. The van der Waals surface area contributed by atoms with Crippen molar-refractivity contribution in [1.82, 2.24) is 10.6 Å². The van der Waals surface area contributed by atoms with E-state index in [4.69, 9.17) is 4.74 Å². The summed E-state index contributed by atoms with van der Waals surface area (Å²) in [6.07, 6.45) is 4.87. The smallest absolute Gasteiger partial charge is 0.191 e. The minimum absolute atomic E-state index is 0.329. The maximum atomic E-state index is 10.4. The summed E-state index contributed by atoms with van der Waals surface area (Å²) in [6.45, 7) is 4.16. The summed E-state index contributed by atoms with van der Waals surface area (Å²) >= 11 is 0. The van der Waals surface area contributed by atoms with Crippen molar-refractivity contribution in [2.45, 2.75) is 50.9 Å². The highest BCUT2D eigenvalue weighted by Crippen LogP contribution is 2.62. The molecule has 3 aliphatic rings. The van der Waals surface area contributed by atoms with Gasteiger partial charge < -0.3 is 20.5 Å². The highest BCUT2D eigenvalue weighted by Gasteiger charge is 2.66. The summed E-state index contributed by atoms with van der Waals surface area (Å²) in [7, 11) is 0. The number of guanidine groups is 1. The zero-order chi connectivity index (χ0) is 17.3. The fourth-order valence-electron chi connectivity index (χ4n) is 4.88. The van der Waals surface area contributed by atoms with Crippen LogP contribution in [0.15, 0.2) is 35.3 Å². The third-order valence-corrected chi connectivity index (χ3v) is 6.28. The molecule has 4 unspecified atom stereocenters. The predicted octanol–water partition coefficient (Wildman–Crippen LogP) is 2.23. The van der Waals surface area contributed by atoms with Gasteiger partial charge in [-0.15, -0.1) is 0 Å². The van der Waals surface area contributed by atoms with Crippen LogP contribution in [0.5, 0.6) is 0 Å². The van der Waals surface area contributed by atoms with Gasteiger partial charge in [-0.3, -0.25) is 4.99 Å². The van der Waals surface area contributed by atoms with Crippen LogP contribution in [0.1, 0.15) is 44.3 Å². The van der Waals surface area contributed by atoms with Crippen molar-refractivity contribution in [3.05, 3.63) is 35.9 Å². The molecule has 5 heteroatoms. The van der Waals surface area contributed by atoms with E-state index in [0.717, 1.165) is 31.1 Å². The number of nitrogens with one attached hydrogen (secondary N) is 2. The van der Waals surface area contributed by atoms with Crippen LogP contribution in [-0.4, -0.2) is 42.9 Å². The Morgan fingerprint density at radius 2 is 2.16 bits per heavy atom. The van der Waals surface area contributed by atoms with Gasteiger partial charge in [0.2, 0.25) is 0 Å². The van der Waals surface area contributed by atoms with Crippen molar-refractivity contribution >= 4 is 5.96 Å². The highest BCUT2D eigenvalue weighted by atomic mass is 16.5. The number of benzene rings is 1. The SMILES string of the molecule is CCNC(=NCC(O)c1ccccc1)NC1C2CCOC2C12CCC2. The van der Waals surface area contributed by atoms with E-state index in [1.807, 2.05) is 30.3 Å². The molecule has 1 aliphatic heterocycles. The maximum absolute atomic E-state index is 10.4.